The van der Waals surface area contributed by atoms with Crippen LogP contribution in [0.2, 0.25) is 0 Å². The van der Waals surface area contributed by atoms with Gasteiger partial charge in [-0.05, 0) is 29.8 Å². The molecule has 0 bridgehead atoms. The number of nitrogens with one attached hydrogen (secondary N) is 1. The van der Waals surface area contributed by atoms with E-state index in [2.05, 4.69) is 5.32 Å². The molecule has 0 fully saturated rings. The summed E-state index contributed by atoms with van der Waals surface area (Å²) in [5, 5.41) is 2.78. The van der Waals surface area contributed by atoms with Gasteiger partial charge in [0.25, 0.3) is 0 Å². The average molecular weight is 316 g/mol. The second-order valence-corrected chi connectivity index (χ2v) is 4.87. The maximum absolute atomic E-state index is 12.2. The summed E-state index contributed by atoms with van der Waals surface area (Å²) in [5.41, 5.74) is 7.70. The Bertz CT molecular complexity index is 701. The highest BCUT2D eigenvalue weighted by molar-refractivity contribution is 5.95. The van der Waals surface area contributed by atoms with Crippen LogP contribution in [0.15, 0.2) is 36.4 Å². The lowest BCUT2D eigenvalue weighted by molar-refractivity contribution is -0.115. The molecule has 0 aliphatic heterocycles. The highest BCUT2D eigenvalue weighted by Gasteiger charge is 2.10. The fraction of sp³-hybridized carbons (Fsp3) is 0.235. The van der Waals surface area contributed by atoms with Crippen molar-refractivity contribution in [3.05, 3.63) is 42.0 Å². The highest BCUT2D eigenvalue weighted by atomic mass is 16.5. The van der Waals surface area contributed by atoms with Crippen LogP contribution in [-0.4, -0.2) is 27.2 Å². The van der Waals surface area contributed by atoms with Gasteiger partial charge in [0.15, 0.2) is 11.5 Å². The van der Waals surface area contributed by atoms with Crippen LogP contribution in [0.1, 0.15) is 5.56 Å². The maximum Gasteiger partial charge on any atom is 0.228 e. The van der Waals surface area contributed by atoms with Gasteiger partial charge in [-0.1, -0.05) is 6.07 Å². The van der Waals surface area contributed by atoms with Crippen LogP contribution < -0.4 is 25.3 Å². The third-order valence-corrected chi connectivity index (χ3v) is 3.35. The molecule has 122 valence electrons. The lowest BCUT2D eigenvalue weighted by Crippen LogP contribution is -2.15. The molecule has 0 atom stereocenters. The first-order valence-corrected chi connectivity index (χ1v) is 7.01. The minimum Gasteiger partial charge on any atom is -0.497 e. The molecule has 2 aromatic carbocycles. The third kappa shape index (κ3) is 4.06. The van der Waals surface area contributed by atoms with E-state index in [0.29, 0.717) is 28.6 Å². The molecule has 6 nitrogen and oxygen atoms in total. The number of benzene rings is 2. The van der Waals surface area contributed by atoms with Gasteiger partial charge in [0, 0.05) is 6.07 Å². The Kier molecular flexibility index (Phi) is 5.30. The predicted molar refractivity (Wildman–Crippen MR) is 89.3 cm³/mol. The molecule has 2 rings (SSSR count). The van der Waals surface area contributed by atoms with Crippen molar-refractivity contribution in [2.24, 2.45) is 0 Å². The summed E-state index contributed by atoms with van der Waals surface area (Å²) in [4.78, 5) is 12.2. The fourth-order valence-electron chi connectivity index (χ4n) is 2.15. The molecule has 0 aliphatic carbocycles. The molecular formula is C17H20N2O4. The Labute approximate surface area is 135 Å². The molecule has 0 saturated heterocycles. The lowest BCUT2D eigenvalue weighted by atomic mass is 10.1. The van der Waals surface area contributed by atoms with Gasteiger partial charge in [-0.15, -0.1) is 0 Å². The summed E-state index contributed by atoms with van der Waals surface area (Å²) in [6.07, 6.45) is 0.200. The Morgan fingerprint density at radius 3 is 2.35 bits per heavy atom. The standard InChI is InChI=1S/C17H20N2O4/c1-21-12-5-6-14(13(18)10-12)19-17(20)9-11-4-7-15(22-2)16(8-11)23-3/h4-8,10H,9,18H2,1-3H3,(H,19,20). The molecule has 2 aromatic rings. The molecule has 23 heavy (non-hydrogen) atoms. The van der Waals surface area contributed by atoms with Crippen LogP contribution in [0.5, 0.6) is 17.2 Å². The molecule has 0 aromatic heterocycles. The SMILES string of the molecule is COc1ccc(NC(=O)Cc2ccc(OC)c(OC)c2)c(N)c1. The van der Waals surface area contributed by atoms with Crippen LogP contribution in [0.3, 0.4) is 0 Å². The quantitative estimate of drug-likeness (QED) is 0.800. The molecule has 6 heteroatoms. The van der Waals surface area contributed by atoms with Crippen LogP contribution in [-0.2, 0) is 11.2 Å². The van der Waals surface area contributed by atoms with Crippen molar-refractivity contribution in [3.8, 4) is 17.2 Å². The summed E-state index contributed by atoms with van der Waals surface area (Å²) < 4.78 is 15.5. The Morgan fingerprint density at radius 1 is 1.00 bits per heavy atom. The molecule has 0 spiro atoms. The zero-order valence-corrected chi connectivity index (χ0v) is 13.4. The third-order valence-electron chi connectivity index (χ3n) is 3.35. The van der Waals surface area contributed by atoms with Gasteiger partial charge in [-0.3, -0.25) is 4.79 Å². The summed E-state index contributed by atoms with van der Waals surface area (Å²) in [6, 6.07) is 10.5. The molecule has 3 N–H and O–H groups in total. The molecule has 0 unspecified atom stereocenters. The van der Waals surface area contributed by atoms with Gasteiger partial charge in [0.05, 0.1) is 39.1 Å². The van der Waals surface area contributed by atoms with Gasteiger partial charge in [-0.2, -0.15) is 0 Å². The van der Waals surface area contributed by atoms with E-state index < -0.39 is 0 Å². The largest absolute Gasteiger partial charge is 0.497 e. The van der Waals surface area contributed by atoms with Crippen molar-refractivity contribution in [2.45, 2.75) is 6.42 Å². The number of amides is 1. The summed E-state index contributed by atoms with van der Waals surface area (Å²) in [6.45, 7) is 0. The monoisotopic (exact) mass is 316 g/mol. The van der Waals surface area contributed by atoms with Crippen molar-refractivity contribution in [1.29, 1.82) is 0 Å². The van der Waals surface area contributed by atoms with E-state index in [1.165, 1.54) is 0 Å². The molecular weight excluding hydrogens is 296 g/mol. The van der Waals surface area contributed by atoms with E-state index in [-0.39, 0.29) is 12.3 Å². The van der Waals surface area contributed by atoms with Gasteiger partial charge >= 0.3 is 0 Å². The molecule has 0 heterocycles. The molecule has 1 amide bonds. The number of carbonyl (C=O) groups excluding carboxylic acids is 1. The summed E-state index contributed by atoms with van der Waals surface area (Å²) in [7, 11) is 4.68. The number of anilines is 2. The number of hydrogen-bond acceptors (Lipinski definition) is 5. The van der Waals surface area contributed by atoms with Crippen molar-refractivity contribution in [3.63, 3.8) is 0 Å². The van der Waals surface area contributed by atoms with Gasteiger partial charge in [-0.25, -0.2) is 0 Å². The Hall–Kier alpha value is -2.89. The normalized spacial score (nSPS) is 10.0. The minimum atomic E-state index is -0.172. The first kappa shape index (κ1) is 16.5. The number of carbonyl (C=O) groups is 1. The van der Waals surface area contributed by atoms with E-state index in [0.717, 1.165) is 5.56 Å². The zero-order valence-electron chi connectivity index (χ0n) is 13.4. The molecule has 0 aliphatic rings. The van der Waals surface area contributed by atoms with Crippen molar-refractivity contribution >= 4 is 17.3 Å². The number of nitrogens with two attached hydrogens (primary N) is 1. The topological polar surface area (TPSA) is 82.8 Å². The van der Waals surface area contributed by atoms with E-state index in [4.69, 9.17) is 19.9 Å². The van der Waals surface area contributed by atoms with Crippen LogP contribution >= 0.6 is 0 Å². The van der Waals surface area contributed by atoms with Crippen LogP contribution in [0.25, 0.3) is 0 Å². The first-order valence-electron chi connectivity index (χ1n) is 7.01. The van der Waals surface area contributed by atoms with E-state index >= 15 is 0 Å². The minimum absolute atomic E-state index is 0.172. The lowest BCUT2D eigenvalue weighted by Gasteiger charge is -2.11. The number of nitrogen functional groups attached to an aromatic ring is 1. The number of hydrogen-bond donors (Lipinski definition) is 2. The fourth-order valence-corrected chi connectivity index (χ4v) is 2.15. The predicted octanol–water partition coefficient (Wildman–Crippen LogP) is 2.48. The van der Waals surface area contributed by atoms with Gasteiger partial charge < -0.3 is 25.3 Å². The summed E-state index contributed by atoms with van der Waals surface area (Å²) in [5.74, 6) is 1.67. The Balaban J connectivity index is 2.08. The average Bonchev–Trinajstić information content (AvgIpc) is 2.56. The van der Waals surface area contributed by atoms with Crippen molar-refractivity contribution in [2.75, 3.05) is 32.4 Å². The smallest absolute Gasteiger partial charge is 0.228 e. The van der Waals surface area contributed by atoms with Crippen molar-refractivity contribution in [1.82, 2.24) is 0 Å². The van der Waals surface area contributed by atoms with E-state index in [1.807, 2.05) is 6.07 Å². The van der Waals surface area contributed by atoms with Crippen molar-refractivity contribution < 1.29 is 19.0 Å². The van der Waals surface area contributed by atoms with E-state index in [1.54, 1.807) is 51.7 Å². The second-order valence-electron chi connectivity index (χ2n) is 4.87. The number of ether oxygens (including phenoxy) is 3. The first-order chi connectivity index (χ1) is 11.1. The van der Waals surface area contributed by atoms with Crippen LogP contribution in [0.4, 0.5) is 11.4 Å². The Morgan fingerprint density at radius 2 is 1.74 bits per heavy atom. The molecule has 0 saturated carbocycles. The molecule has 0 radical (unpaired) electrons. The maximum atomic E-state index is 12.2. The highest BCUT2D eigenvalue weighted by Crippen LogP contribution is 2.28. The summed E-state index contributed by atoms with van der Waals surface area (Å²) >= 11 is 0. The number of rotatable bonds is 6. The number of methoxy groups -OCH3 is 3. The second kappa shape index (κ2) is 7.40. The van der Waals surface area contributed by atoms with Gasteiger partial charge in [0.2, 0.25) is 5.91 Å². The van der Waals surface area contributed by atoms with Gasteiger partial charge in [0.1, 0.15) is 5.75 Å². The zero-order chi connectivity index (χ0) is 16.8. The van der Waals surface area contributed by atoms with E-state index in [9.17, 15) is 4.79 Å². The van der Waals surface area contributed by atoms with Crippen LogP contribution in [0, 0.1) is 0 Å².